The number of hydrogen-bond acceptors (Lipinski definition) is 3. The quantitative estimate of drug-likeness (QED) is 0.868. The molecule has 0 fully saturated rings. The van der Waals surface area contributed by atoms with Crippen LogP contribution in [0.15, 0.2) is 29.6 Å². The van der Waals surface area contributed by atoms with Gasteiger partial charge in [0.15, 0.2) is 0 Å². The molecule has 2 aromatic rings. The van der Waals surface area contributed by atoms with Crippen molar-refractivity contribution in [2.45, 2.75) is 26.9 Å². The molecule has 0 unspecified atom stereocenters. The molecule has 2 rings (SSSR count). The molecule has 0 aliphatic carbocycles. The van der Waals surface area contributed by atoms with Crippen molar-refractivity contribution < 1.29 is 5.11 Å². The molecular weight excluding hydrogens is 230 g/mol. The smallest absolute Gasteiger partial charge is 0.122 e. The average Bonchev–Trinajstić information content (AvgIpc) is 2.71. The summed E-state index contributed by atoms with van der Waals surface area (Å²) in [6, 6.07) is 7.98. The Kier molecular flexibility index (Phi) is 3.82. The van der Waals surface area contributed by atoms with E-state index >= 15 is 0 Å². The van der Waals surface area contributed by atoms with Crippen molar-refractivity contribution in [1.82, 2.24) is 5.32 Å². The zero-order valence-electron chi connectivity index (χ0n) is 10.2. The molecule has 0 aliphatic heterocycles. The number of rotatable bonds is 4. The van der Waals surface area contributed by atoms with Crippen molar-refractivity contribution in [2.24, 2.45) is 0 Å². The predicted molar refractivity (Wildman–Crippen MR) is 72.4 cm³/mol. The molecule has 2 N–H and O–H groups in total. The van der Waals surface area contributed by atoms with Gasteiger partial charge in [0, 0.05) is 23.5 Å². The second kappa shape index (κ2) is 5.34. The monoisotopic (exact) mass is 247 g/mol. The lowest BCUT2D eigenvalue weighted by molar-refractivity contribution is 0.460. The third kappa shape index (κ3) is 2.87. The SMILES string of the molecule is Cc1ccsc1CNCc1cccc(C)c1O. The first-order chi connectivity index (χ1) is 8.18. The fourth-order valence-corrected chi connectivity index (χ4v) is 2.63. The van der Waals surface area contributed by atoms with Crippen molar-refractivity contribution in [1.29, 1.82) is 0 Å². The second-order valence-corrected chi connectivity index (χ2v) is 5.21. The molecule has 2 nitrogen and oxygen atoms in total. The Morgan fingerprint density at radius 2 is 1.94 bits per heavy atom. The summed E-state index contributed by atoms with van der Waals surface area (Å²) in [5, 5.41) is 15.3. The maximum atomic E-state index is 9.87. The maximum absolute atomic E-state index is 9.87. The third-order valence-corrected chi connectivity index (χ3v) is 3.91. The molecular formula is C14H17NOS. The number of thiophene rings is 1. The Morgan fingerprint density at radius 3 is 2.65 bits per heavy atom. The molecule has 1 aromatic heterocycles. The number of benzene rings is 1. The van der Waals surface area contributed by atoms with Crippen molar-refractivity contribution in [3.05, 3.63) is 51.2 Å². The molecule has 0 atom stereocenters. The van der Waals surface area contributed by atoms with Gasteiger partial charge in [0.25, 0.3) is 0 Å². The summed E-state index contributed by atoms with van der Waals surface area (Å²) in [5.41, 5.74) is 3.21. The predicted octanol–water partition coefficient (Wildman–Crippen LogP) is 3.36. The zero-order valence-corrected chi connectivity index (χ0v) is 11.0. The minimum absolute atomic E-state index is 0.405. The van der Waals surface area contributed by atoms with Gasteiger partial charge in [-0.15, -0.1) is 11.3 Å². The summed E-state index contributed by atoms with van der Waals surface area (Å²) in [7, 11) is 0. The summed E-state index contributed by atoms with van der Waals surface area (Å²) < 4.78 is 0. The van der Waals surface area contributed by atoms with Gasteiger partial charge in [0.05, 0.1) is 0 Å². The van der Waals surface area contributed by atoms with E-state index in [-0.39, 0.29) is 0 Å². The maximum Gasteiger partial charge on any atom is 0.122 e. The molecule has 0 saturated carbocycles. The minimum atomic E-state index is 0.405. The van der Waals surface area contributed by atoms with E-state index in [0.29, 0.717) is 12.3 Å². The highest BCUT2D eigenvalue weighted by molar-refractivity contribution is 7.10. The molecule has 3 heteroatoms. The number of phenolic OH excluding ortho intramolecular Hbond substituents is 1. The Bertz CT molecular complexity index is 505. The van der Waals surface area contributed by atoms with Gasteiger partial charge in [0.1, 0.15) is 5.75 Å². The molecule has 0 radical (unpaired) electrons. The van der Waals surface area contributed by atoms with Gasteiger partial charge >= 0.3 is 0 Å². The highest BCUT2D eigenvalue weighted by atomic mass is 32.1. The standard InChI is InChI=1S/C14H17NOS/c1-10-6-7-17-13(10)9-15-8-12-5-3-4-11(2)14(12)16/h3-7,15-16H,8-9H2,1-2H3. The zero-order chi connectivity index (χ0) is 12.3. The van der Waals surface area contributed by atoms with Crippen molar-refractivity contribution in [2.75, 3.05) is 0 Å². The topological polar surface area (TPSA) is 32.3 Å². The highest BCUT2D eigenvalue weighted by Gasteiger charge is 2.04. The van der Waals surface area contributed by atoms with Gasteiger partial charge in [0.2, 0.25) is 0 Å². The van der Waals surface area contributed by atoms with Crippen LogP contribution in [0.1, 0.15) is 21.6 Å². The number of hydrogen-bond donors (Lipinski definition) is 2. The summed E-state index contributed by atoms with van der Waals surface area (Å²) in [4.78, 5) is 1.36. The van der Waals surface area contributed by atoms with E-state index in [1.165, 1.54) is 10.4 Å². The average molecular weight is 247 g/mol. The molecule has 17 heavy (non-hydrogen) atoms. The molecule has 0 spiro atoms. The lowest BCUT2D eigenvalue weighted by Gasteiger charge is -2.08. The normalized spacial score (nSPS) is 10.7. The van der Waals surface area contributed by atoms with Crippen LogP contribution in [0, 0.1) is 13.8 Å². The number of para-hydroxylation sites is 1. The molecule has 90 valence electrons. The first-order valence-electron chi connectivity index (χ1n) is 5.69. The molecule has 0 bridgehead atoms. The van der Waals surface area contributed by atoms with Gasteiger partial charge in [-0.1, -0.05) is 18.2 Å². The van der Waals surface area contributed by atoms with Gasteiger partial charge in [-0.3, -0.25) is 0 Å². The number of aromatic hydroxyl groups is 1. The summed E-state index contributed by atoms with van der Waals surface area (Å²) >= 11 is 1.77. The van der Waals surface area contributed by atoms with Crippen LogP contribution < -0.4 is 5.32 Å². The number of aryl methyl sites for hydroxylation is 2. The minimum Gasteiger partial charge on any atom is -0.507 e. The van der Waals surface area contributed by atoms with E-state index in [1.807, 2.05) is 25.1 Å². The van der Waals surface area contributed by atoms with Crippen molar-refractivity contribution >= 4 is 11.3 Å². The largest absolute Gasteiger partial charge is 0.507 e. The third-order valence-electron chi connectivity index (χ3n) is 2.89. The van der Waals surface area contributed by atoms with Gasteiger partial charge in [-0.25, -0.2) is 0 Å². The van der Waals surface area contributed by atoms with Crippen LogP contribution in [0.25, 0.3) is 0 Å². The summed E-state index contributed by atoms with van der Waals surface area (Å²) in [6.45, 7) is 5.60. The Hall–Kier alpha value is -1.32. The molecule has 1 aromatic carbocycles. The fourth-order valence-electron chi connectivity index (χ4n) is 1.76. The van der Waals surface area contributed by atoms with E-state index in [4.69, 9.17) is 0 Å². The summed E-state index contributed by atoms with van der Waals surface area (Å²) in [6.07, 6.45) is 0. The van der Waals surface area contributed by atoms with Crippen LogP contribution in [0.5, 0.6) is 5.75 Å². The first kappa shape index (κ1) is 12.1. The number of nitrogens with one attached hydrogen (secondary N) is 1. The van der Waals surface area contributed by atoms with Crippen LogP contribution in [-0.2, 0) is 13.1 Å². The van der Waals surface area contributed by atoms with E-state index in [2.05, 4.69) is 23.7 Å². The van der Waals surface area contributed by atoms with Gasteiger partial charge in [-0.05, 0) is 36.4 Å². The van der Waals surface area contributed by atoms with Crippen molar-refractivity contribution in [3.63, 3.8) is 0 Å². The Morgan fingerprint density at radius 1 is 1.12 bits per heavy atom. The fraction of sp³-hybridized carbons (Fsp3) is 0.286. The van der Waals surface area contributed by atoms with Crippen LogP contribution in [0.4, 0.5) is 0 Å². The van der Waals surface area contributed by atoms with Crippen LogP contribution in [0.3, 0.4) is 0 Å². The second-order valence-electron chi connectivity index (χ2n) is 4.21. The van der Waals surface area contributed by atoms with Crippen LogP contribution >= 0.6 is 11.3 Å². The lowest BCUT2D eigenvalue weighted by atomic mass is 10.1. The molecule has 0 saturated heterocycles. The number of phenols is 1. The van der Waals surface area contributed by atoms with Gasteiger partial charge < -0.3 is 10.4 Å². The first-order valence-corrected chi connectivity index (χ1v) is 6.57. The van der Waals surface area contributed by atoms with Crippen LogP contribution in [-0.4, -0.2) is 5.11 Å². The van der Waals surface area contributed by atoms with E-state index in [0.717, 1.165) is 17.7 Å². The van der Waals surface area contributed by atoms with Crippen molar-refractivity contribution in [3.8, 4) is 5.75 Å². The molecule has 0 aliphatic rings. The van der Waals surface area contributed by atoms with E-state index < -0.39 is 0 Å². The van der Waals surface area contributed by atoms with Gasteiger partial charge in [-0.2, -0.15) is 0 Å². The van der Waals surface area contributed by atoms with Crippen LogP contribution in [0.2, 0.25) is 0 Å². The van der Waals surface area contributed by atoms with E-state index in [9.17, 15) is 5.11 Å². The lowest BCUT2D eigenvalue weighted by Crippen LogP contribution is -2.12. The molecule has 1 heterocycles. The Balaban J connectivity index is 1.95. The van der Waals surface area contributed by atoms with E-state index in [1.54, 1.807) is 11.3 Å². The highest BCUT2D eigenvalue weighted by Crippen LogP contribution is 2.21. The molecule has 0 amide bonds. The Labute approximate surface area is 106 Å². The summed E-state index contributed by atoms with van der Waals surface area (Å²) in [5.74, 6) is 0.405.